The van der Waals surface area contributed by atoms with Crippen molar-refractivity contribution >= 4 is 46.3 Å². The average molecular weight is 299 g/mol. The van der Waals surface area contributed by atoms with Gasteiger partial charge in [-0.25, -0.2) is 0 Å². The van der Waals surface area contributed by atoms with Crippen molar-refractivity contribution in [2.75, 3.05) is 7.05 Å². The number of hydrogen-bond donors (Lipinski definition) is 0. The van der Waals surface area contributed by atoms with Crippen LogP contribution < -0.4 is 0 Å². The number of nitro groups is 1. The zero-order chi connectivity index (χ0) is 14.2. The van der Waals surface area contributed by atoms with Gasteiger partial charge in [-0.1, -0.05) is 11.6 Å². The number of imide groups is 1. The van der Waals surface area contributed by atoms with Crippen LogP contribution >= 0.6 is 23.4 Å². The number of thioether (sulfide) groups is 1. The van der Waals surface area contributed by atoms with Gasteiger partial charge in [-0.05, 0) is 23.9 Å². The predicted octanol–water partition coefficient (Wildman–Crippen LogP) is 2.91. The van der Waals surface area contributed by atoms with Gasteiger partial charge in [-0.3, -0.25) is 24.6 Å². The minimum atomic E-state index is -0.556. The lowest BCUT2D eigenvalue weighted by Crippen LogP contribution is -2.22. The fourth-order valence-corrected chi connectivity index (χ4v) is 2.43. The second-order valence-corrected chi connectivity index (χ2v) is 5.10. The molecular weight excluding hydrogens is 292 g/mol. The lowest BCUT2D eigenvalue weighted by Gasteiger charge is -2.02. The van der Waals surface area contributed by atoms with E-state index in [0.717, 1.165) is 16.7 Å². The van der Waals surface area contributed by atoms with E-state index in [1.165, 1.54) is 31.3 Å². The highest BCUT2D eigenvalue weighted by atomic mass is 35.5. The maximum atomic E-state index is 11.7. The highest BCUT2D eigenvalue weighted by Gasteiger charge is 2.32. The van der Waals surface area contributed by atoms with Crippen molar-refractivity contribution in [3.8, 4) is 0 Å². The molecule has 0 bridgehead atoms. The van der Waals surface area contributed by atoms with Gasteiger partial charge in [-0.2, -0.15) is 0 Å². The summed E-state index contributed by atoms with van der Waals surface area (Å²) in [6.07, 6.45) is 1.38. The number of nitro benzene ring substituents is 1. The van der Waals surface area contributed by atoms with Crippen LogP contribution in [-0.2, 0) is 4.79 Å². The van der Waals surface area contributed by atoms with Crippen molar-refractivity contribution in [1.82, 2.24) is 4.90 Å². The van der Waals surface area contributed by atoms with Gasteiger partial charge in [0.15, 0.2) is 0 Å². The molecule has 1 saturated heterocycles. The van der Waals surface area contributed by atoms with Gasteiger partial charge in [0.05, 0.1) is 9.83 Å². The van der Waals surface area contributed by atoms with E-state index in [1.54, 1.807) is 0 Å². The van der Waals surface area contributed by atoms with Crippen molar-refractivity contribution < 1.29 is 14.5 Å². The molecular formula is C11H7ClN2O4S. The molecule has 1 aliphatic rings. The second-order valence-electron chi connectivity index (χ2n) is 3.70. The highest BCUT2D eigenvalue weighted by molar-refractivity contribution is 8.18. The maximum Gasteiger partial charge on any atom is 0.293 e. The summed E-state index contributed by atoms with van der Waals surface area (Å²) < 4.78 is 0. The fraction of sp³-hybridized carbons (Fsp3) is 0.0909. The number of carbonyl (C=O) groups is 2. The first-order valence-corrected chi connectivity index (χ1v) is 6.25. The van der Waals surface area contributed by atoms with Crippen molar-refractivity contribution in [3.05, 3.63) is 43.8 Å². The molecule has 0 spiro atoms. The van der Waals surface area contributed by atoms with Crippen LogP contribution in [0.25, 0.3) is 6.08 Å². The Kier molecular flexibility index (Phi) is 3.59. The molecule has 0 aliphatic carbocycles. The Balaban J connectivity index is 2.43. The molecule has 0 saturated carbocycles. The predicted molar refractivity (Wildman–Crippen MR) is 71.8 cm³/mol. The molecule has 0 radical (unpaired) electrons. The number of rotatable bonds is 2. The number of carbonyl (C=O) groups excluding carboxylic acids is 2. The first-order chi connectivity index (χ1) is 8.90. The number of non-ortho nitro benzene ring substituents is 1. The molecule has 1 aliphatic heterocycles. The van der Waals surface area contributed by atoms with Crippen LogP contribution in [0.3, 0.4) is 0 Å². The maximum absolute atomic E-state index is 11.7. The summed E-state index contributed by atoms with van der Waals surface area (Å²) in [6.45, 7) is 0. The number of benzene rings is 1. The molecule has 0 N–H and O–H groups in total. The SMILES string of the molecule is CN1C(=O)SC(=Cc2cc([N+](=O)[O-])ccc2Cl)C1=O. The van der Waals surface area contributed by atoms with Gasteiger partial charge in [0, 0.05) is 29.8 Å². The summed E-state index contributed by atoms with van der Waals surface area (Å²) in [4.78, 5) is 34.3. The molecule has 0 aromatic heterocycles. The molecule has 19 heavy (non-hydrogen) atoms. The minimum Gasteiger partial charge on any atom is -0.272 e. The zero-order valence-corrected chi connectivity index (χ0v) is 11.2. The summed E-state index contributed by atoms with van der Waals surface area (Å²) in [6, 6.07) is 3.90. The number of amides is 2. The number of nitrogens with zero attached hydrogens (tertiary/aromatic N) is 2. The first kappa shape index (κ1) is 13.6. The van der Waals surface area contributed by atoms with Gasteiger partial charge >= 0.3 is 0 Å². The molecule has 2 amide bonds. The highest BCUT2D eigenvalue weighted by Crippen LogP contribution is 2.33. The van der Waals surface area contributed by atoms with Gasteiger partial charge in [0.2, 0.25) is 0 Å². The van der Waals surface area contributed by atoms with Gasteiger partial charge in [0.25, 0.3) is 16.8 Å². The van der Waals surface area contributed by atoms with Gasteiger partial charge < -0.3 is 0 Å². The van der Waals surface area contributed by atoms with Crippen LogP contribution in [-0.4, -0.2) is 28.0 Å². The second kappa shape index (κ2) is 5.02. The number of halogens is 1. The molecule has 6 nitrogen and oxygen atoms in total. The third-order valence-electron chi connectivity index (χ3n) is 2.46. The average Bonchev–Trinajstić information content (AvgIpc) is 2.59. The smallest absolute Gasteiger partial charge is 0.272 e. The Labute approximate surface area is 117 Å². The largest absolute Gasteiger partial charge is 0.293 e. The van der Waals surface area contributed by atoms with Crippen molar-refractivity contribution in [2.24, 2.45) is 0 Å². The van der Waals surface area contributed by atoms with Crippen LogP contribution in [0.4, 0.5) is 10.5 Å². The summed E-state index contributed by atoms with van der Waals surface area (Å²) in [7, 11) is 1.37. The van der Waals surface area contributed by atoms with Crippen molar-refractivity contribution in [1.29, 1.82) is 0 Å². The van der Waals surface area contributed by atoms with Crippen molar-refractivity contribution in [2.45, 2.75) is 0 Å². The van der Waals surface area contributed by atoms with E-state index in [1.807, 2.05) is 0 Å². The number of likely N-dealkylation sites (N-methyl/N-ethyl adjacent to an activating group) is 1. The Bertz CT molecular complexity index is 629. The number of hydrogen-bond acceptors (Lipinski definition) is 5. The van der Waals surface area contributed by atoms with Gasteiger partial charge in [-0.15, -0.1) is 0 Å². The van der Waals surface area contributed by atoms with E-state index >= 15 is 0 Å². The van der Waals surface area contributed by atoms with E-state index in [9.17, 15) is 19.7 Å². The normalized spacial score (nSPS) is 17.4. The molecule has 2 rings (SSSR count). The van der Waals surface area contributed by atoms with E-state index in [-0.39, 0.29) is 15.6 Å². The van der Waals surface area contributed by atoms with E-state index in [0.29, 0.717) is 5.56 Å². The van der Waals surface area contributed by atoms with Gasteiger partial charge in [0.1, 0.15) is 0 Å². The third-order valence-corrected chi connectivity index (χ3v) is 3.77. The topological polar surface area (TPSA) is 80.5 Å². The molecule has 1 heterocycles. The van der Waals surface area contributed by atoms with Crippen LogP contribution in [0.1, 0.15) is 5.56 Å². The Morgan fingerprint density at radius 1 is 1.42 bits per heavy atom. The summed E-state index contributed by atoms with van der Waals surface area (Å²) >= 11 is 6.68. The Morgan fingerprint density at radius 3 is 2.63 bits per heavy atom. The standard InChI is InChI=1S/C11H7ClN2O4S/c1-13-10(15)9(19-11(13)16)5-6-4-7(14(17)18)2-3-8(6)12/h2-5H,1H3. The summed E-state index contributed by atoms with van der Waals surface area (Å²) in [5.74, 6) is -0.447. The molecule has 1 aromatic rings. The molecule has 1 fully saturated rings. The third kappa shape index (κ3) is 2.61. The fourth-order valence-electron chi connectivity index (χ4n) is 1.44. The van der Waals surface area contributed by atoms with Crippen LogP contribution in [0.2, 0.25) is 5.02 Å². The molecule has 0 unspecified atom stereocenters. The van der Waals surface area contributed by atoms with E-state index in [2.05, 4.69) is 0 Å². The molecule has 98 valence electrons. The van der Waals surface area contributed by atoms with E-state index in [4.69, 9.17) is 11.6 Å². The molecule has 1 aromatic carbocycles. The Morgan fingerprint density at radius 2 is 2.11 bits per heavy atom. The monoisotopic (exact) mass is 298 g/mol. The Hall–Kier alpha value is -1.86. The lowest BCUT2D eigenvalue weighted by molar-refractivity contribution is -0.384. The minimum absolute atomic E-state index is 0.133. The zero-order valence-electron chi connectivity index (χ0n) is 9.62. The molecule has 0 atom stereocenters. The first-order valence-electron chi connectivity index (χ1n) is 5.05. The quantitative estimate of drug-likeness (QED) is 0.476. The van der Waals surface area contributed by atoms with Crippen LogP contribution in [0.5, 0.6) is 0 Å². The summed E-state index contributed by atoms with van der Waals surface area (Å²) in [5, 5.41) is 10.6. The summed E-state index contributed by atoms with van der Waals surface area (Å²) in [5.41, 5.74) is 0.196. The van der Waals surface area contributed by atoms with Crippen LogP contribution in [0.15, 0.2) is 23.1 Å². The van der Waals surface area contributed by atoms with Crippen LogP contribution in [0, 0.1) is 10.1 Å². The van der Waals surface area contributed by atoms with E-state index < -0.39 is 16.1 Å². The molecule has 8 heteroatoms. The van der Waals surface area contributed by atoms with Crippen molar-refractivity contribution in [3.63, 3.8) is 0 Å². The lowest BCUT2D eigenvalue weighted by atomic mass is 10.2.